The van der Waals surface area contributed by atoms with E-state index in [4.69, 9.17) is 0 Å². The van der Waals surface area contributed by atoms with Crippen LogP contribution in [-0.2, 0) is 4.79 Å². The standard InChI is InChI=1S/C22H29FN2O/c1-5-19(23)13-16(4)22(26)25-21(17-9-7-6-8-10-17)20-12-11-18(14-24-20)15(2)3/h6-12,14-16,19,21H,5,13H2,1-4H3,(H,25,26)/t16-,19-,21-/m0/s1. The molecule has 0 fully saturated rings. The number of amides is 1. The first-order valence-corrected chi connectivity index (χ1v) is 9.37. The molecule has 0 radical (unpaired) electrons. The number of carbonyl (C=O) groups is 1. The number of benzene rings is 1. The zero-order valence-electron chi connectivity index (χ0n) is 16.1. The Labute approximate surface area is 156 Å². The van der Waals surface area contributed by atoms with Gasteiger partial charge in [0.1, 0.15) is 6.17 Å². The molecule has 2 aromatic rings. The van der Waals surface area contributed by atoms with E-state index in [9.17, 15) is 9.18 Å². The Morgan fingerprint density at radius 1 is 1.08 bits per heavy atom. The molecule has 26 heavy (non-hydrogen) atoms. The van der Waals surface area contributed by atoms with Crippen LogP contribution in [0.5, 0.6) is 0 Å². The Morgan fingerprint density at radius 3 is 2.31 bits per heavy atom. The van der Waals surface area contributed by atoms with Crippen LogP contribution < -0.4 is 5.32 Å². The van der Waals surface area contributed by atoms with Gasteiger partial charge < -0.3 is 5.32 Å². The SMILES string of the molecule is CC[C@H](F)C[C@H](C)C(=O)N[C@@H](c1ccccc1)c1ccc(C(C)C)cn1. The van der Waals surface area contributed by atoms with Gasteiger partial charge in [0.25, 0.3) is 0 Å². The maximum absolute atomic E-state index is 13.7. The van der Waals surface area contributed by atoms with E-state index in [1.165, 1.54) is 0 Å². The molecule has 0 saturated carbocycles. The maximum Gasteiger partial charge on any atom is 0.223 e. The lowest BCUT2D eigenvalue weighted by molar-refractivity contribution is -0.125. The van der Waals surface area contributed by atoms with Crippen molar-refractivity contribution < 1.29 is 9.18 Å². The van der Waals surface area contributed by atoms with Gasteiger partial charge >= 0.3 is 0 Å². The van der Waals surface area contributed by atoms with E-state index in [-0.39, 0.29) is 24.3 Å². The molecule has 3 nitrogen and oxygen atoms in total. The summed E-state index contributed by atoms with van der Waals surface area (Å²) >= 11 is 0. The van der Waals surface area contributed by atoms with Gasteiger partial charge in [-0.15, -0.1) is 0 Å². The Bertz CT molecular complexity index is 685. The lowest BCUT2D eigenvalue weighted by atomic mass is 9.98. The smallest absolute Gasteiger partial charge is 0.223 e. The number of nitrogens with zero attached hydrogens (tertiary/aromatic N) is 1. The third-order valence-corrected chi connectivity index (χ3v) is 4.69. The van der Waals surface area contributed by atoms with Crippen molar-refractivity contribution in [2.75, 3.05) is 0 Å². The van der Waals surface area contributed by atoms with Gasteiger partial charge in [-0.05, 0) is 36.0 Å². The highest BCUT2D eigenvalue weighted by Gasteiger charge is 2.23. The lowest BCUT2D eigenvalue weighted by Crippen LogP contribution is -2.35. The molecular formula is C22H29FN2O. The molecule has 0 spiro atoms. The van der Waals surface area contributed by atoms with Crippen LogP contribution in [0, 0.1) is 5.92 Å². The molecular weight excluding hydrogens is 327 g/mol. The highest BCUT2D eigenvalue weighted by Crippen LogP contribution is 2.23. The van der Waals surface area contributed by atoms with Crippen LogP contribution in [0.2, 0.25) is 0 Å². The van der Waals surface area contributed by atoms with Crippen molar-refractivity contribution in [3.63, 3.8) is 0 Å². The number of aromatic nitrogens is 1. The second-order valence-corrected chi connectivity index (χ2v) is 7.17. The van der Waals surface area contributed by atoms with Crippen molar-refractivity contribution in [3.05, 3.63) is 65.5 Å². The number of nitrogens with one attached hydrogen (secondary N) is 1. The molecule has 2 rings (SSSR count). The topological polar surface area (TPSA) is 42.0 Å². The van der Waals surface area contributed by atoms with Crippen molar-refractivity contribution in [2.24, 2.45) is 5.92 Å². The largest absolute Gasteiger partial charge is 0.343 e. The zero-order valence-corrected chi connectivity index (χ0v) is 16.1. The fourth-order valence-corrected chi connectivity index (χ4v) is 2.84. The summed E-state index contributed by atoms with van der Waals surface area (Å²) in [5.41, 5.74) is 2.90. The number of hydrogen-bond acceptors (Lipinski definition) is 2. The Kier molecular flexibility index (Phi) is 7.31. The fraction of sp³-hybridized carbons (Fsp3) is 0.455. The van der Waals surface area contributed by atoms with E-state index in [1.807, 2.05) is 48.7 Å². The Balaban J connectivity index is 2.23. The van der Waals surface area contributed by atoms with E-state index in [2.05, 4.69) is 24.1 Å². The van der Waals surface area contributed by atoms with Crippen LogP contribution in [0.15, 0.2) is 48.7 Å². The van der Waals surface area contributed by atoms with Gasteiger partial charge in [0.15, 0.2) is 0 Å². The number of rotatable bonds is 8. The number of carbonyl (C=O) groups excluding carboxylic acids is 1. The molecule has 0 bridgehead atoms. The van der Waals surface area contributed by atoms with Crippen LogP contribution in [0.25, 0.3) is 0 Å². The maximum atomic E-state index is 13.7. The molecule has 1 aromatic heterocycles. The summed E-state index contributed by atoms with van der Waals surface area (Å²) in [5, 5.41) is 3.06. The van der Waals surface area contributed by atoms with Crippen molar-refractivity contribution in [1.29, 1.82) is 0 Å². The van der Waals surface area contributed by atoms with Gasteiger partial charge in [-0.25, -0.2) is 4.39 Å². The van der Waals surface area contributed by atoms with Crippen molar-refractivity contribution in [3.8, 4) is 0 Å². The molecule has 0 unspecified atom stereocenters. The van der Waals surface area contributed by atoms with Crippen molar-refractivity contribution in [2.45, 2.75) is 58.7 Å². The van der Waals surface area contributed by atoms with E-state index in [0.29, 0.717) is 12.3 Å². The van der Waals surface area contributed by atoms with Gasteiger partial charge in [0.05, 0.1) is 11.7 Å². The predicted molar refractivity (Wildman–Crippen MR) is 104 cm³/mol. The highest BCUT2D eigenvalue weighted by atomic mass is 19.1. The van der Waals surface area contributed by atoms with Crippen LogP contribution in [0.3, 0.4) is 0 Å². The number of pyridine rings is 1. The van der Waals surface area contributed by atoms with Crippen LogP contribution in [0.4, 0.5) is 4.39 Å². The first kappa shape index (κ1) is 20.1. The van der Waals surface area contributed by atoms with E-state index in [0.717, 1.165) is 16.8 Å². The van der Waals surface area contributed by atoms with Crippen LogP contribution in [0.1, 0.15) is 69.3 Å². The molecule has 0 aliphatic carbocycles. The molecule has 3 atom stereocenters. The molecule has 0 aliphatic heterocycles. The Morgan fingerprint density at radius 2 is 1.77 bits per heavy atom. The monoisotopic (exact) mass is 356 g/mol. The summed E-state index contributed by atoms with van der Waals surface area (Å²) in [6, 6.07) is 13.4. The summed E-state index contributed by atoms with van der Waals surface area (Å²) in [7, 11) is 0. The number of alkyl halides is 1. The first-order chi connectivity index (χ1) is 12.4. The van der Waals surface area contributed by atoms with Crippen molar-refractivity contribution >= 4 is 5.91 Å². The molecule has 1 N–H and O–H groups in total. The third kappa shape index (κ3) is 5.38. The number of halogens is 1. The second kappa shape index (κ2) is 9.46. The zero-order chi connectivity index (χ0) is 19.1. The van der Waals surface area contributed by atoms with E-state index >= 15 is 0 Å². The Hall–Kier alpha value is -2.23. The quantitative estimate of drug-likeness (QED) is 0.708. The molecule has 0 aliphatic rings. The fourth-order valence-electron chi connectivity index (χ4n) is 2.84. The van der Waals surface area contributed by atoms with E-state index < -0.39 is 6.17 Å². The highest BCUT2D eigenvalue weighted by molar-refractivity contribution is 5.79. The summed E-state index contributed by atoms with van der Waals surface area (Å²) in [6.45, 7) is 7.81. The summed E-state index contributed by atoms with van der Waals surface area (Å²) in [6.07, 6.45) is 1.58. The summed E-state index contributed by atoms with van der Waals surface area (Å²) in [4.78, 5) is 17.2. The molecule has 0 saturated heterocycles. The summed E-state index contributed by atoms with van der Waals surface area (Å²) in [5.74, 6) is -0.132. The lowest BCUT2D eigenvalue weighted by Gasteiger charge is -2.22. The van der Waals surface area contributed by atoms with Gasteiger partial charge in [-0.1, -0.05) is 64.1 Å². The minimum Gasteiger partial charge on any atom is -0.343 e. The number of hydrogen-bond donors (Lipinski definition) is 1. The molecule has 1 amide bonds. The molecule has 1 heterocycles. The normalized spacial score (nSPS) is 14.7. The minimum atomic E-state index is -0.950. The summed E-state index contributed by atoms with van der Waals surface area (Å²) < 4.78 is 13.7. The molecule has 1 aromatic carbocycles. The van der Waals surface area contributed by atoms with Crippen molar-refractivity contribution in [1.82, 2.24) is 10.3 Å². The first-order valence-electron chi connectivity index (χ1n) is 9.37. The van der Waals surface area contributed by atoms with Gasteiger partial charge in [0, 0.05) is 12.1 Å². The average Bonchev–Trinajstić information content (AvgIpc) is 2.66. The van der Waals surface area contributed by atoms with Gasteiger partial charge in [-0.2, -0.15) is 0 Å². The third-order valence-electron chi connectivity index (χ3n) is 4.69. The minimum absolute atomic E-state index is 0.148. The van der Waals surface area contributed by atoms with Crippen LogP contribution >= 0.6 is 0 Å². The van der Waals surface area contributed by atoms with E-state index in [1.54, 1.807) is 13.8 Å². The second-order valence-electron chi connectivity index (χ2n) is 7.17. The van der Waals surface area contributed by atoms with Gasteiger partial charge in [-0.3, -0.25) is 9.78 Å². The average molecular weight is 356 g/mol. The van der Waals surface area contributed by atoms with Gasteiger partial charge in [0.2, 0.25) is 5.91 Å². The molecule has 4 heteroatoms. The molecule has 140 valence electrons. The predicted octanol–water partition coefficient (Wildman–Crippen LogP) is 5.18. The van der Waals surface area contributed by atoms with Crippen LogP contribution in [-0.4, -0.2) is 17.1 Å².